The van der Waals surface area contributed by atoms with Gasteiger partial charge in [-0.3, -0.25) is 4.79 Å². The Morgan fingerprint density at radius 3 is 2.58 bits per heavy atom. The molecule has 0 aliphatic carbocycles. The second-order valence-corrected chi connectivity index (χ2v) is 6.37. The number of nitrogens with one attached hydrogen (secondary N) is 2. The van der Waals surface area contributed by atoms with Crippen LogP contribution in [0.2, 0.25) is 10.0 Å². The molecule has 1 amide bonds. The number of benzene rings is 2. The Kier molecular flexibility index (Phi) is 5.71. The normalized spacial score (nSPS) is 10.4. The minimum absolute atomic E-state index is 0.240. The fraction of sp³-hybridized carbons (Fsp3) is 0.105. The predicted molar refractivity (Wildman–Crippen MR) is 105 cm³/mol. The molecule has 1 heterocycles. The molecule has 0 bridgehead atoms. The van der Waals surface area contributed by atoms with Crippen LogP contribution in [0, 0.1) is 6.92 Å². The Bertz CT molecular complexity index is 932. The minimum atomic E-state index is -0.387. The number of anilines is 2. The Labute approximate surface area is 161 Å². The number of aromatic nitrogens is 2. The van der Waals surface area contributed by atoms with Crippen molar-refractivity contribution in [3.63, 3.8) is 0 Å². The highest BCUT2D eigenvalue weighted by molar-refractivity contribution is 6.44. The van der Waals surface area contributed by atoms with Crippen LogP contribution in [-0.2, 0) is 6.54 Å². The zero-order chi connectivity index (χ0) is 18.5. The van der Waals surface area contributed by atoms with Gasteiger partial charge in [0.2, 0.25) is 0 Å². The predicted octanol–water partition coefficient (Wildman–Crippen LogP) is 4.96. The van der Waals surface area contributed by atoms with E-state index < -0.39 is 0 Å². The first-order chi connectivity index (χ1) is 12.5. The van der Waals surface area contributed by atoms with Crippen LogP contribution in [0.25, 0.3) is 0 Å². The molecule has 3 aromatic rings. The number of hydrogen-bond donors (Lipinski definition) is 2. The van der Waals surface area contributed by atoms with Crippen molar-refractivity contribution >= 4 is 40.6 Å². The molecule has 1 aromatic heterocycles. The topological polar surface area (TPSA) is 66.9 Å². The van der Waals surface area contributed by atoms with E-state index in [1.165, 1.54) is 0 Å². The van der Waals surface area contributed by atoms with Crippen molar-refractivity contribution in [3.8, 4) is 0 Å². The molecule has 0 radical (unpaired) electrons. The van der Waals surface area contributed by atoms with Crippen molar-refractivity contribution in [2.45, 2.75) is 13.5 Å². The summed E-state index contributed by atoms with van der Waals surface area (Å²) in [6.45, 7) is 2.33. The van der Waals surface area contributed by atoms with Crippen LogP contribution in [-0.4, -0.2) is 15.9 Å². The zero-order valence-corrected chi connectivity index (χ0v) is 15.5. The van der Waals surface area contributed by atoms with Gasteiger partial charge in [0.15, 0.2) is 0 Å². The molecule has 0 saturated carbocycles. The standard InChI is InChI=1S/C19H16Cl2N4O/c1-12-23-16(19(26)25-15-9-5-8-14(20)18(15)21)10-17(24-12)22-11-13-6-3-2-4-7-13/h2-10H,11H2,1H3,(H,25,26)(H,22,23,24). The molecule has 0 spiro atoms. The number of aryl methyl sites for hydroxylation is 1. The number of amides is 1. The van der Waals surface area contributed by atoms with Crippen molar-refractivity contribution < 1.29 is 4.79 Å². The van der Waals surface area contributed by atoms with Gasteiger partial charge in [-0.05, 0) is 24.6 Å². The van der Waals surface area contributed by atoms with Gasteiger partial charge in [-0.25, -0.2) is 9.97 Å². The van der Waals surface area contributed by atoms with Gasteiger partial charge in [-0.1, -0.05) is 59.6 Å². The van der Waals surface area contributed by atoms with Gasteiger partial charge in [-0.2, -0.15) is 0 Å². The number of rotatable bonds is 5. The molecule has 2 aromatic carbocycles. The number of hydrogen-bond acceptors (Lipinski definition) is 4. The minimum Gasteiger partial charge on any atom is -0.366 e. The monoisotopic (exact) mass is 386 g/mol. The van der Waals surface area contributed by atoms with E-state index in [0.717, 1.165) is 5.56 Å². The number of nitrogens with zero attached hydrogens (tertiary/aromatic N) is 2. The smallest absolute Gasteiger partial charge is 0.274 e. The van der Waals surface area contributed by atoms with Crippen LogP contribution in [0.3, 0.4) is 0 Å². The first-order valence-corrected chi connectivity index (χ1v) is 8.67. The molecule has 7 heteroatoms. The summed E-state index contributed by atoms with van der Waals surface area (Å²) in [7, 11) is 0. The van der Waals surface area contributed by atoms with Crippen LogP contribution in [0.4, 0.5) is 11.5 Å². The molecule has 26 heavy (non-hydrogen) atoms. The van der Waals surface area contributed by atoms with E-state index in [1.54, 1.807) is 31.2 Å². The molecule has 0 saturated heterocycles. The van der Waals surface area contributed by atoms with E-state index in [1.807, 2.05) is 30.3 Å². The third-order valence-corrected chi connectivity index (χ3v) is 4.41. The molecule has 5 nitrogen and oxygen atoms in total. The highest BCUT2D eigenvalue weighted by Gasteiger charge is 2.13. The average Bonchev–Trinajstić information content (AvgIpc) is 2.64. The van der Waals surface area contributed by atoms with Crippen molar-refractivity contribution in [2.24, 2.45) is 0 Å². The Morgan fingerprint density at radius 1 is 1.04 bits per heavy atom. The van der Waals surface area contributed by atoms with E-state index in [4.69, 9.17) is 23.2 Å². The highest BCUT2D eigenvalue weighted by atomic mass is 35.5. The number of carbonyl (C=O) groups excluding carboxylic acids is 1. The summed E-state index contributed by atoms with van der Waals surface area (Å²) in [5, 5.41) is 6.58. The van der Waals surface area contributed by atoms with Crippen LogP contribution in [0.15, 0.2) is 54.6 Å². The van der Waals surface area contributed by atoms with E-state index in [9.17, 15) is 4.79 Å². The average molecular weight is 387 g/mol. The van der Waals surface area contributed by atoms with Crippen LogP contribution in [0.1, 0.15) is 21.9 Å². The first kappa shape index (κ1) is 18.2. The summed E-state index contributed by atoms with van der Waals surface area (Å²) in [5.74, 6) is 0.677. The SMILES string of the molecule is Cc1nc(NCc2ccccc2)cc(C(=O)Nc2cccc(Cl)c2Cl)n1. The molecule has 0 fully saturated rings. The van der Waals surface area contributed by atoms with Gasteiger partial charge in [0.1, 0.15) is 17.3 Å². The van der Waals surface area contributed by atoms with Gasteiger partial charge in [-0.15, -0.1) is 0 Å². The van der Waals surface area contributed by atoms with E-state index in [0.29, 0.717) is 28.9 Å². The molecular formula is C19H16Cl2N4O. The lowest BCUT2D eigenvalue weighted by Gasteiger charge is -2.10. The molecule has 0 atom stereocenters. The quantitative estimate of drug-likeness (QED) is 0.650. The first-order valence-electron chi connectivity index (χ1n) is 7.92. The second-order valence-electron chi connectivity index (χ2n) is 5.58. The lowest BCUT2D eigenvalue weighted by Crippen LogP contribution is -2.16. The van der Waals surface area contributed by atoms with Crippen molar-refractivity contribution in [3.05, 3.63) is 81.7 Å². The summed E-state index contributed by atoms with van der Waals surface area (Å²) < 4.78 is 0. The Balaban J connectivity index is 1.76. The maximum absolute atomic E-state index is 12.5. The molecule has 2 N–H and O–H groups in total. The summed E-state index contributed by atoms with van der Waals surface area (Å²) in [5.41, 5.74) is 1.78. The lowest BCUT2D eigenvalue weighted by atomic mass is 10.2. The van der Waals surface area contributed by atoms with Gasteiger partial charge < -0.3 is 10.6 Å². The van der Waals surface area contributed by atoms with E-state index in [2.05, 4.69) is 20.6 Å². The van der Waals surface area contributed by atoms with Crippen LogP contribution >= 0.6 is 23.2 Å². The molecule has 0 unspecified atom stereocenters. The van der Waals surface area contributed by atoms with Crippen molar-refractivity contribution in [2.75, 3.05) is 10.6 Å². The lowest BCUT2D eigenvalue weighted by molar-refractivity contribution is 0.102. The van der Waals surface area contributed by atoms with Gasteiger partial charge in [0.05, 0.1) is 15.7 Å². The van der Waals surface area contributed by atoms with Gasteiger partial charge in [0.25, 0.3) is 5.91 Å². The number of carbonyl (C=O) groups is 1. The summed E-state index contributed by atoms with van der Waals surface area (Å²) in [4.78, 5) is 21.0. The fourth-order valence-electron chi connectivity index (χ4n) is 2.35. The summed E-state index contributed by atoms with van der Waals surface area (Å²) >= 11 is 12.1. The van der Waals surface area contributed by atoms with Crippen LogP contribution < -0.4 is 10.6 Å². The molecule has 0 aliphatic heterocycles. The largest absolute Gasteiger partial charge is 0.366 e. The maximum atomic E-state index is 12.5. The third kappa shape index (κ3) is 4.50. The summed E-state index contributed by atoms with van der Waals surface area (Å²) in [6.07, 6.45) is 0. The van der Waals surface area contributed by atoms with E-state index in [-0.39, 0.29) is 16.6 Å². The molecule has 3 rings (SSSR count). The molecular weight excluding hydrogens is 371 g/mol. The molecule has 132 valence electrons. The third-order valence-electron chi connectivity index (χ3n) is 3.59. The number of halogens is 2. The second kappa shape index (κ2) is 8.17. The van der Waals surface area contributed by atoms with Gasteiger partial charge >= 0.3 is 0 Å². The van der Waals surface area contributed by atoms with Crippen molar-refractivity contribution in [1.82, 2.24) is 9.97 Å². The fourth-order valence-corrected chi connectivity index (χ4v) is 2.70. The van der Waals surface area contributed by atoms with Crippen LogP contribution in [0.5, 0.6) is 0 Å². The highest BCUT2D eigenvalue weighted by Crippen LogP contribution is 2.29. The van der Waals surface area contributed by atoms with Crippen molar-refractivity contribution in [1.29, 1.82) is 0 Å². The molecule has 0 aliphatic rings. The maximum Gasteiger partial charge on any atom is 0.274 e. The van der Waals surface area contributed by atoms with E-state index >= 15 is 0 Å². The Hall–Kier alpha value is -2.63. The zero-order valence-electron chi connectivity index (χ0n) is 14.0. The Morgan fingerprint density at radius 2 is 1.81 bits per heavy atom. The van der Waals surface area contributed by atoms with Gasteiger partial charge in [0, 0.05) is 12.6 Å². The summed E-state index contributed by atoms with van der Waals surface area (Å²) in [6, 6.07) is 16.6.